The first kappa shape index (κ1) is 12.2. The maximum atomic E-state index is 2.45. The first-order valence-electron chi connectivity index (χ1n) is 5.88. The van der Waals surface area contributed by atoms with E-state index in [1.807, 2.05) is 0 Å². The molecular formula is C14H22Si. The van der Waals surface area contributed by atoms with Crippen molar-refractivity contribution in [2.45, 2.75) is 39.8 Å². The zero-order valence-electron chi connectivity index (χ0n) is 10.4. The van der Waals surface area contributed by atoms with Crippen LogP contribution in [0.1, 0.15) is 26.7 Å². The summed E-state index contributed by atoms with van der Waals surface area (Å²) in [5.74, 6) is 0. The van der Waals surface area contributed by atoms with Gasteiger partial charge < -0.3 is 0 Å². The molecule has 15 heavy (non-hydrogen) atoms. The van der Waals surface area contributed by atoms with Crippen LogP contribution in [0.2, 0.25) is 13.1 Å². The van der Waals surface area contributed by atoms with Crippen LogP contribution >= 0.6 is 0 Å². The molecule has 0 saturated carbocycles. The number of allylic oxidation sites excluding steroid dienone is 2. The maximum absolute atomic E-state index is 2.45. The van der Waals surface area contributed by atoms with Gasteiger partial charge in [0.2, 0.25) is 0 Å². The smallest absolute Gasteiger partial charge is 0.0891 e. The van der Waals surface area contributed by atoms with Gasteiger partial charge in [-0.3, -0.25) is 0 Å². The van der Waals surface area contributed by atoms with Crippen LogP contribution in [0.3, 0.4) is 0 Å². The van der Waals surface area contributed by atoms with Gasteiger partial charge >= 0.3 is 0 Å². The van der Waals surface area contributed by atoms with E-state index in [0.717, 1.165) is 6.42 Å². The highest BCUT2D eigenvalue weighted by Crippen LogP contribution is 2.18. The monoisotopic (exact) mass is 218 g/mol. The number of hydrogen-bond donors (Lipinski definition) is 0. The fraction of sp³-hybridized carbons (Fsp3) is 0.429. The summed E-state index contributed by atoms with van der Waals surface area (Å²) in [7, 11) is -1.37. The quantitative estimate of drug-likeness (QED) is 0.673. The van der Waals surface area contributed by atoms with Gasteiger partial charge in [0.25, 0.3) is 0 Å². The molecule has 0 aliphatic carbocycles. The molecule has 0 aliphatic heterocycles. The van der Waals surface area contributed by atoms with Crippen molar-refractivity contribution in [2.75, 3.05) is 0 Å². The Morgan fingerprint density at radius 3 is 2.20 bits per heavy atom. The number of rotatable bonds is 4. The van der Waals surface area contributed by atoms with Gasteiger partial charge in [0.1, 0.15) is 8.07 Å². The molecule has 0 N–H and O–H groups in total. The Labute approximate surface area is 95.0 Å². The lowest BCUT2D eigenvalue weighted by atomic mass is 10.3. The predicted octanol–water partition coefficient (Wildman–Crippen LogP) is 3.89. The molecule has 1 heteroatoms. The van der Waals surface area contributed by atoms with Crippen LogP contribution in [0.25, 0.3) is 0 Å². The molecule has 1 aromatic carbocycles. The molecule has 0 radical (unpaired) electrons. The average molecular weight is 218 g/mol. The lowest BCUT2D eigenvalue weighted by Crippen LogP contribution is -2.43. The largest absolute Gasteiger partial charge is 0.107 e. The normalized spacial score (nSPS) is 12.9. The van der Waals surface area contributed by atoms with Gasteiger partial charge in [-0.05, 0) is 12.8 Å². The van der Waals surface area contributed by atoms with Gasteiger partial charge in [0.05, 0.1) is 0 Å². The highest BCUT2D eigenvalue weighted by Gasteiger charge is 2.26. The highest BCUT2D eigenvalue weighted by atomic mass is 28.3. The third-order valence-corrected chi connectivity index (χ3v) is 7.07. The van der Waals surface area contributed by atoms with Gasteiger partial charge in [-0.15, -0.1) is 0 Å². The van der Waals surface area contributed by atoms with Crippen molar-refractivity contribution < 1.29 is 0 Å². The zero-order chi connectivity index (χ0) is 11.3. The molecule has 0 nitrogen and oxygen atoms in total. The molecule has 0 fully saturated rings. The lowest BCUT2D eigenvalue weighted by molar-refractivity contribution is 1.12. The molecule has 0 amide bonds. The van der Waals surface area contributed by atoms with Crippen molar-refractivity contribution in [2.24, 2.45) is 0 Å². The van der Waals surface area contributed by atoms with Crippen LogP contribution in [0.5, 0.6) is 0 Å². The first-order chi connectivity index (χ1) is 7.12. The molecule has 1 rings (SSSR count). The standard InChI is InChI=1S/C14H22Si/c1-5-10-13(6-2)15(3,4)14-11-8-7-9-12-14/h7-12H,5-6H2,1-4H3/b13-10-. The Morgan fingerprint density at radius 2 is 1.73 bits per heavy atom. The van der Waals surface area contributed by atoms with Crippen molar-refractivity contribution in [3.8, 4) is 0 Å². The lowest BCUT2D eigenvalue weighted by Gasteiger charge is -2.26. The third kappa shape index (κ3) is 2.82. The second-order valence-corrected chi connectivity index (χ2v) is 8.95. The fourth-order valence-electron chi connectivity index (χ4n) is 2.13. The van der Waals surface area contributed by atoms with E-state index in [0.29, 0.717) is 0 Å². The van der Waals surface area contributed by atoms with E-state index in [1.165, 1.54) is 6.42 Å². The summed E-state index contributed by atoms with van der Waals surface area (Å²) < 4.78 is 0. The van der Waals surface area contributed by atoms with Crippen molar-refractivity contribution in [1.29, 1.82) is 0 Å². The SMILES string of the molecule is CC/C=C(/CC)[Si](C)(C)c1ccccc1. The summed E-state index contributed by atoms with van der Waals surface area (Å²) >= 11 is 0. The van der Waals surface area contributed by atoms with Gasteiger partial charge in [0.15, 0.2) is 0 Å². The first-order valence-corrected chi connectivity index (χ1v) is 8.88. The van der Waals surface area contributed by atoms with Crippen molar-refractivity contribution >= 4 is 13.3 Å². The Hall–Kier alpha value is -0.823. The molecule has 0 aliphatic rings. The summed E-state index contributed by atoms with van der Waals surface area (Å²) in [6.07, 6.45) is 4.79. The maximum Gasteiger partial charge on any atom is 0.107 e. The fourth-order valence-corrected chi connectivity index (χ4v) is 5.12. The highest BCUT2D eigenvalue weighted by molar-refractivity contribution is 6.95. The topological polar surface area (TPSA) is 0 Å². The Balaban J connectivity index is 3.06. The molecule has 0 spiro atoms. The minimum atomic E-state index is -1.37. The predicted molar refractivity (Wildman–Crippen MR) is 72.2 cm³/mol. The van der Waals surface area contributed by atoms with Crippen molar-refractivity contribution in [3.05, 3.63) is 41.6 Å². The van der Waals surface area contributed by atoms with E-state index in [1.54, 1.807) is 10.4 Å². The van der Waals surface area contributed by atoms with Crippen LogP contribution in [-0.4, -0.2) is 8.07 Å². The Kier molecular flexibility index (Phi) is 4.34. The van der Waals surface area contributed by atoms with Crippen LogP contribution in [0.15, 0.2) is 41.6 Å². The van der Waals surface area contributed by atoms with Gasteiger partial charge in [-0.1, -0.05) is 73.7 Å². The van der Waals surface area contributed by atoms with Crippen LogP contribution in [0, 0.1) is 0 Å². The Bertz CT molecular complexity index is 322. The van der Waals surface area contributed by atoms with E-state index in [9.17, 15) is 0 Å². The zero-order valence-corrected chi connectivity index (χ0v) is 11.4. The van der Waals surface area contributed by atoms with Gasteiger partial charge in [-0.2, -0.15) is 0 Å². The van der Waals surface area contributed by atoms with E-state index >= 15 is 0 Å². The second-order valence-electron chi connectivity index (χ2n) is 4.48. The third-order valence-electron chi connectivity index (χ3n) is 3.13. The summed E-state index contributed by atoms with van der Waals surface area (Å²) in [5, 5.41) is 3.22. The van der Waals surface area contributed by atoms with Crippen molar-refractivity contribution in [1.82, 2.24) is 0 Å². The Morgan fingerprint density at radius 1 is 1.13 bits per heavy atom. The minimum absolute atomic E-state index is 1.16. The van der Waals surface area contributed by atoms with Crippen molar-refractivity contribution in [3.63, 3.8) is 0 Å². The van der Waals surface area contributed by atoms with Gasteiger partial charge in [0, 0.05) is 0 Å². The molecule has 82 valence electrons. The summed E-state index contributed by atoms with van der Waals surface area (Å²) in [6.45, 7) is 9.41. The van der Waals surface area contributed by atoms with Crippen LogP contribution in [0.4, 0.5) is 0 Å². The molecule has 0 heterocycles. The van der Waals surface area contributed by atoms with Gasteiger partial charge in [-0.25, -0.2) is 0 Å². The minimum Gasteiger partial charge on any atom is -0.0891 e. The summed E-state index contributed by atoms with van der Waals surface area (Å²) in [6, 6.07) is 11.0. The molecule has 0 bridgehead atoms. The summed E-state index contributed by atoms with van der Waals surface area (Å²) in [4.78, 5) is 0. The molecular weight excluding hydrogens is 196 g/mol. The number of hydrogen-bond acceptors (Lipinski definition) is 0. The van der Waals surface area contributed by atoms with E-state index in [4.69, 9.17) is 0 Å². The number of benzene rings is 1. The molecule has 0 saturated heterocycles. The van der Waals surface area contributed by atoms with E-state index in [-0.39, 0.29) is 0 Å². The second kappa shape index (κ2) is 5.31. The molecule has 1 aromatic rings. The van der Waals surface area contributed by atoms with E-state index in [2.05, 4.69) is 63.3 Å². The molecule has 0 aromatic heterocycles. The van der Waals surface area contributed by atoms with Crippen LogP contribution in [-0.2, 0) is 0 Å². The average Bonchev–Trinajstić information content (AvgIpc) is 2.27. The summed E-state index contributed by atoms with van der Waals surface area (Å²) in [5.41, 5.74) is 0. The van der Waals surface area contributed by atoms with E-state index < -0.39 is 8.07 Å². The molecule has 0 atom stereocenters. The van der Waals surface area contributed by atoms with Crippen LogP contribution < -0.4 is 5.19 Å². The molecule has 0 unspecified atom stereocenters.